The second kappa shape index (κ2) is 7.43. The van der Waals surface area contributed by atoms with Gasteiger partial charge in [0, 0.05) is 25.4 Å². The number of likely N-dealkylation sites (N-methyl/N-ethyl adjacent to an activating group) is 1. The molecule has 9 heteroatoms. The molecule has 1 amide bonds. The Morgan fingerprint density at radius 2 is 2.12 bits per heavy atom. The highest BCUT2D eigenvalue weighted by Gasteiger charge is 2.27. The second-order valence-electron chi connectivity index (χ2n) is 6.14. The average Bonchev–Trinajstić information content (AvgIpc) is 2.45. The van der Waals surface area contributed by atoms with Gasteiger partial charge in [-0.1, -0.05) is 0 Å². The van der Waals surface area contributed by atoms with Gasteiger partial charge < -0.3 is 9.64 Å². The summed E-state index contributed by atoms with van der Waals surface area (Å²) in [4.78, 5) is 22.4. The Bertz CT molecular complexity index is 687. The number of hydrogen-bond acceptors (Lipinski definition) is 6. The number of hydrogen-bond donors (Lipinski definition) is 0. The third kappa shape index (κ3) is 5.13. The fraction of sp³-hybridized carbons (Fsp3) is 0.667. The molecule has 0 radical (unpaired) electrons. The summed E-state index contributed by atoms with van der Waals surface area (Å²) >= 11 is 0. The number of ether oxygens (including phenoxy) is 1. The number of piperidine rings is 1. The number of carbonyl (C=O) groups is 1. The smallest absolute Gasteiger partial charge is 0.238 e. The van der Waals surface area contributed by atoms with Crippen molar-refractivity contribution in [3.63, 3.8) is 0 Å². The van der Waals surface area contributed by atoms with E-state index in [0.29, 0.717) is 24.8 Å². The Labute approximate surface area is 142 Å². The molecule has 0 bridgehead atoms. The number of aromatic nitrogens is 2. The van der Waals surface area contributed by atoms with E-state index in [9.17, 15) is 13.2 Å². The molecule has 2 rings (SSSR count). The van der Waals surface area contributed by atoms with Crippen molar-refractivity contribution in [1.82, 2.24) is 19.2 Å². The maximum atomic E-state index is 12.3. The lowest BCUT2D eigenvalue weighted by Crippen LogP contribution is -2.48. The molecule has 1 aliphatic heterocycles. The van der Waals surface area contributed by atoms with Crippen LogP contribution < -0.4 is 4.74 Å². The number of sulfonamides is 1. The van der Waals surface area contributed by atoms with E-state index in [4.69, 9.17) is 4.74 Å². The van der Waals surface area contributed by atoms with Crippen molar-refractivity contribution in [2.45, 2.75) is 32.8 Å². The SMILES string of the molecule is Cc1cc(OC2CCCN(C(=O)CN(C)S(C)(=O)=O)C2)nc(C)n1. The van der Waals surface area contributed by atoms with Crippen LogP contribution in [0.3, 0.4) is 0 Å². The van der Waals surface area contributed by atoms with Crippen molar-refractivity contribution < 1.29 is 17.9 Å². The maximum absolute atomic E-state index is 12.3. The third-order valence-corrected chi connectivity index (χ3v) is 5.15. The van der Waals surface area contributed by atoms with Gasteiger partial charge in [0.25, 0.3) is 0 Å². The number of aryl methyl sites for hydroxylation is 2. The van der Waals surface area contributed by atoms with E-state index in [1.165, 1.54) is 7.05 Å². The van der Waals surface area contributed by atoms with Crippen LogP contribution in [0.15, 0.2) is 6.07 Å². The fourth-order valence-electron chi connectivity index (χ4n) is 2.58. The zero-order valence-electron chi connectivity index (χ0n) is 14.5. The van der Waals surface area contributed by atoms with Crippen LogP contribution in [0.2, 0.25) is 0 Å². The van der Waals surface area contributed by atoms with Gasteiger partial charge in [-0.2, -0.15) is 9.29 Å². The summed E-state index contributed by atoms with van der Waals surface area (Å²) in [6.45, 7) is 4.56. The van der Waals surface area contributed by atoms with E-state index in [-0.39, 0.29) is 18.6 Å². The molecule has 8 nitrogen and oxygen atoms in total. The van der Waals surface area contributed by atoms with Crippen molar-refractivity contribution in [3.05, 3.63) is 17.6 Å². The summed E-state index contributed by atoms with van der Waals surface area (Å²) in [5.74, 6) is 0.933. The first-order chi connectivity index (χ1) is 11.1. The lowest BCUT2D eigenvalue weighted by atomic mass is 10.1. The van der Waals surface area contributed by atoms with Gasteiger partial charge in [-0.05, 0) is 26.7 Å². The zero-order valence-corrected chi connectivity index (χ0v) is 15.3. The normalized spacial score (nSPS) is 18.7. The van der Waals surface area contributed by atoms with Crippen LogP contribution in [0.5, 0.6) is 5.88 Å². The van der Waals surface area contributed by atoms with Gasteiger partial charge in [-0.25, -0.2) is 13.4 Å². The van der Waals surface area contributed by atoms with Crippen molar-refractivity contribution in [2.75, 3.05) is 32.9 Å². The Morgan fingerprint density at radius 3 is 2.75 bits per heavy atom. The lowest BCUT2D eigenvalue weighted by molar-refractivity contribution is -0.133. The summed E-state index contributed by atoms with van der Waals surface area (Å²) in [6, 6.07) is 1.77. The standard InChI is InChI=1S/C15H24N4O4S/c1-11-8-14(17-12(2)16-11)23-13-6-5-7-19(9-13)15(20)10-18(3)24(4,21)22/h8,13H,5-7,9-10H2,1-4H3. The fourth-order valence-corrected chi connectivity index (χ4v) is 2.93. The molecule has 0 saturated carbocycles. The molecule has 0 aliphatic carbocycles. The second-order valence-corrected chi connectivity index (χ2v) is 8.23. The van der Waals surface area contributed by atoms with Crippen molar-refractivity contribution >= 4 is 15.9 Å². The molecule has 2 heterocycles. The van der Waals surface area contributed by atoms with Gasteiger partial charge in [0.1, 0.15) is 11.9 Å². The minimum Gasteiger partial charge on any atom is -0.472 e. The Morgan fingerprint density at radius 1 is 1.42 bits per heavy atom. The molecule has 1 aliphatic rings. The summed E-state index contributed by atoms with van der Waals surface area (Å²) in [5.41, 5.74) is 0.830. The van der Waals surface area contributed by atoms with E-state index in [0.717, 1.165) is 29.1 Å². The summed E-state index contributed by atoms with van der Waals surface area (Å²) < 4.78 is 29.8. The molecule has 1 fully saturated rings. The summed E-state index contributed by atoms with van der Waals surface area (Å²) in [7, 11) is -1.97. The highest BCUT2D eigenvalue weighted by Crippen LogP contribution is 2.18. The number of carbonyl (C=O) groups excluding carboxylic acids is 1. The molecular weight excluding hydrogens is 332 g/mol. The van der Waals surface area contributed by atoms with Crippen LogP contribution in [0.1, 0.15) is 24.4 Å². The summed E-state index contributed by atoms with van der Waals surface area (Å²) in [5, 5.41) is 0. The first-order valence-corrected chi connectivity index (χ1v) is 9.68. The molecule has 0 spiro atoms. The molecule has 1 unspecified atom stereocenters. The molecule has 1 aromatic heterocycles. The Balaban J connectivity index is 1.97. The summed E-state index contributed by atoms with van der Waals surface area (Å²) in [6.07, 6.45) is 2.57. The van der Waals surface area contributed by atoms with Crippen LogP contribution in [0.4, 0.5) is 0 Å². The minimum absolute atomic E-state index is 0.153. The maximum Gasteiger partial charge on any atom is 0.238 e. The highest BCUT2D eigenvalue weighted by molar-refractivity contribution is 7.88. The van der Waals surface area contributed by atoms with Gasteiger partial charge in [-0.15, -0.1) is 0 Å². The lowest BCUT2D eigenvalue weighted by Gasteiger charge is -2.33. The van der Waals surface area contributed by atoms with Gasteiger partial charge in [-0.3, -0.25) is 4.79 Å². The van der Waals surface area contributed by atoms with Gasteiger partial charge in [0.05, 0.1) is 19.3 Å². The third-order valence-electron chi connectivity index (χ3n) is 3.88. The van der Waals surface area contributed by atoms with Crippen LogP contribution in [-0.4, -0.2) is 72.5 Å². The van der Waals surface area contributed by atoms with Gasteiger partial charge in [0.2, 0.25) is 21.8 Å². The Hall–Kier alpha value is -1.74. The van der Waals surface area contributed by atoms with Crippen molar-refractivity contribution in [1.29, 1.82) is 0 Å². The van der Waals surface area contributed by atoms with Crippen LogP contribution in [0.25, 0.3) is 0 Å². The van der Waals surface area contributed by atoms with Gasteiger partial charge in [0.15, 0.2) is 0 Å². The van der Waals surface area contributed by atoms with Crippen molar-refractivity contribution in [2.24, 2.45) is 0 Å². The predicted octanol–water partition coefficient (Wildman–Crippen LogP) is 0.355. The van der Waals surface area contributed by atoms with E-state index in [1.807, 2.05) is 6.92 Å². The molecular formula is C15H24N4O4S. The molecule has 1 saturated heterocycles. The molecule has 0 aromatic carbocycles. The van der Waals surface area contributed by atoms with Crippen molar-refractivity contribution in [3.8, 4) is 5.88 Å². The number of likely N-dealkylation sites (tertiary alicyclic amines) is 1. The predicted molar refractivity (Wildman–Crippen MR) is 89.2 cm³/mol. The zero-order chi connectivity index (χ0) is 17.9. The van der Waals surface area contributed by atoms with E-state index < -0.39 is 10.0 Å². The minimum atomic E-state index is -3.37. The van der Waals surface area contributed by atoms with E-state index >= 15 is 0 Å². The molecule has 1 atom stereocenters. The first kappa shape index (κ1) is 18.6. The molecule has 1 aromatic rings. The molecule has 134 valence electrons. The van der Waals surface area contributed by atoms with Gasteiger partial charge >= 0.3 is 0 Å². The molecule has 24 heavy (non-hydrogen) atoms. The first-order valence-electron chi connectivity index (χ1n) is 7.83. The quantitative estimate of drug-likeness (QED) is 0.756. The van der Waals surface area contributed by atoms with Crippen LogP contribution >= 0.6 is 0 Å². The monoisotopic (exact) mass is 356 g/mol. The molecule has 0 N–H and O–H groups in total. The number of rotatable bonds is 5. The average molecular weight is 356 g/mol. The highest BCUT2D eigenvalue weighted by atomic mass is 32.2. The largest absolute Gasteiger partial charge is 0.472 e. The topological polar surface area (TPSA) is 92.7 Å². The number of nitrogens with zero attached hydrogens (tertiary/aromatic N) is 4. The Kier molecular flexibility index (Phi) is 5.76. The number of amides is 1. The van der Waals surface area contributed by atoms with E-state index in [2.05, 4.69) is 9.97 Å². The van der Waals surface area contributed by atoms with E-state index in [1.54, 1.807) is 17.9 Å². The van der Waals surface area contributed by atoms with Crippen LogP contribution in [-0.2, 0) is 14.8 Å². The van der Waals surface area contributed by atoms with Crippen LogP contribution in [0, 0.1) is 13.8 Å².